The lowest BCUT2D eigenvalue weighted by molar-refractivity contribution is 0.0695. The van der Waals surface area contributed by atoms with Crippen LogP contribution in [0.1, 0.15) is 32.0 Å². The number of H-pyrrole nitrogens is 1. The summed E-state index contributed by atoms with van der Waals surface area (Å²) in [5, 5.41) is 9.56. The lowest BCUT2D eigenvalue weighted by Gasteiger charge is -2.06. The van der Waals surface area contributed by atoms with Gasteiger partial charge in [-0.1, -0.05) is 60.7 Å². The second-order valence-electron chi connectivity index (χ2n) is 5.62. The summed E-state index contributed by atoms with van der Waals surface area (Å²) >= 11 is 0. The van der Waals surface area contributed by atoms with Crippen molar-refractivity contribution in [3.05, 3.63) is 83.0 Å². The van der Waals surface area contributed by atoms with E-state index in [1.54, 1.807) is 31.2 Å². The average molecular weight is 319 g/mol. The van der Waals surface area contributed by atoms with E-state index in [4.69, 9.17) is 0 Å². The Morgan fingerprint density at radius 1 is 0.958 bits per heavy atom. The fourth-order valence-corrected chi connectivity index (χ4v) is 2.88. The molecule has 0 unspecified atom stereocenters. The Bertz CT molecular complexity index is 880. The third-order valence-corrected chi connectivity index (χ3v) is 4.00. The first-order valence-corrected chi connectivity index (χ1v) is 7.66. The number of benzene rings is 2. The van der Waals surface area contributed by atoms with Crippen molar-refractivity contribution in [2.75, 3.05) is 0 Å². The molecule has 0 radical (unpaired) electrons. The number of carboxylic acid groups (broad SMARTS) is 1. The minimum atomic E-state index is -1.03. The van der Waals surface area contributed by atoms with E-state index in [9.17, 15) is 14.7 Å². The van der Waals surface area contributed by atoms with Crippen molar-refractivity contribution in [1.29, 1.82) is 0 Å². The fourth-order valence-electron chi connectivity index (χ4n) is 2.88. The number of carbonyl (C=O) groups is 2. The minimum Gasteiger partial charge on any atom is -0.478 e. The molecule has 0 aliphatic heterocycles. The zero-order valence-corrected chi connectivity index (χ0v) is 13.2. The number of aryl methyl sites for hydroxylation is 1. The molecule has 4 nitrogen and oxygen atoms in total. The first-order chi connectivity index (χ1) is 11.6. The summed E-state index contributed by atoms with van der Waals surface area (Å²) in [5.41, 5.74) is 3.39. The molecule has 2 aromatic carbocycles. The van der Waals surface area contributed by atoms with Crippen LogP contribution >= 0.6 is 0 Å². The first kappa shape index (κ1) is 15.7. The van der Waals surface area contributed by atoms with E-state index < -0.39 is 5.97 Å². The molecule has 0 aliphatic rings. The largest absolute Gasteiger partial charge is 0.478 e. The van der Waals surface area contributed by atoms with Gasteiger partial charge in [-0.2, -0.15) is 0 Å². The molecule has 0 aliphatic carbocycles. The highest BCUT2D eigenvalue weighted by atomic mass is 16.4. The van der Waals surface area contributed by atoms with Gasteiger partial charge in [-0.15, -0.1) is 0 Å². The third-order valence-electron chi connectivity index (χ3n) is 4.00. The molecule has 1 heterocycles. The van der Waals surface area contributed by atoms with Gasteiger partial charge >= 0.3 is 5.97 Å². The summed E-state index contributed by atoms with van der Waals surface area (Å²) in [4.78, 5) is 27.4. The molecular weight excluding hydrogens is 302 g/mol. The summed E-state index contributed by atoms with van der Waals surface area (Å²) in [6, 6.07) is 18.4. The van der Waals surface area contributed by atoms with E-state index in [0.717, 1.165) is 5.56 Å². The van der Waals surface area contributed by atoms with Gasteiger partial charge in [-0.05, 0) is 12.5 Å². The first-order valence-electron chi connectivity index (χ1n) is 7.66. The standard InChI is InChI=1S/C20H17NO3/c1-13-18(20(23)24)16(12-17(22)14-8-4-2-5-9-14)19(21-13)15-10-6-3-7-11-15/h2-11,21H,12H2,1H3,(H,23,24). The van der Waals surface area contributed by atoms with Crippen LogP contribution in [-0.2, 0) is 6.42 Å². The number of aromatic carboxylic acids is 1. The molecule has 120 valence electrons. The average Bonchev–Trinajstić information content (AvgIpc) is 2.92. The minimum absolute atomic E-state index is 0.0419. The van der Waals surface area contributed by atoms with E-state index >= 15 is 0 Å². The molecule has 3 aromatic rings. The highest BCUT2D eigenvalue weighted by Gasteiger charge is 2.23. The van der Waals surface area contributed by atoms with Gasteiger partial charge in [-0.25, -0.2) is 4.79 Å². The van der Waals surface area contributed by atoms with Crippen molar-refractivity contribution >= 4 is 11.8 Å². The van der Waals surface area contributed by atoms with Crippen molar-refractivity contribution in [3.8, 4) is 11.3 Å². The van der Waals surface area contributed by atoms with Crippen molar-refractivity contribution in [1.82, 2.24) is 4.98 Å². The van der Waals surface area contributed by atoms with Crippen LogP contribution < -0.4 is 0 Å². The van der Waals surface area contributed by atoms with Crippen LogP contribution in [0.2, 0.25) is 0 Å². The predicted octanol–water partition coefficient (Wildman–Crippen LogP) is 4.11. The number of ketones is 1. The van der Waals surface area contributed by atoms with Crippen molar-refractivity contribution in [2.45, 2.75) is 13.3 Å². The Hall–Kier alpha value is -3.14. The number of hydrogen-bond donors (Lipinski definition) is 2. The molecule has 0 saturated heterocycles. The zero-order chi connectivity index (χ0) is 17.1. The molecule has 2 N–H and O–H groups in total. The Kier molecular flexibility index (Phi) is 4.29. The predicted molar refractivity (Wildman–Crippen MR) is 92.4 cm³/mol. The Labute approximate surface area is 139 Å². The van der Waals surface area contributed by atoms with Gasteiger partial charge in [0.05, 0.1) is 11.3 Å². The molecule has 0 amide bonds. The van der Waals surface area contributed by atoms with Crippen LogP contribution in [-0.4, -0.2) is 21.8 Å². The Morgan fingerprint density at radius 2 is 1.54 bits per heavy atom. The van der Waals surface area contributed by atoms with Gasteiger partial charge in [0.2, 0.25) is 0 Å². The summed E-state index contributed by atoms with van der Waals surface area (Å²) in [6.07, 6.45) is 0.0419. The molecule has 1 aromatic heterocycles. The van der Waals surface area contributed by atoms with Gasteiger partial charge in [0, 0.05) is 23.2 Å². The van der Waals surface area contributed by atoms with E-state index in [1.807, 2.05) is 36.4 Å². The molecule has 3 rings (SSSR count). The van der Waals surface area contributed by atoms with E-state index in [1.165, 1.54) is 0 Å². The maximum absolute atomic E-state index is 12.6. The number of rotatable bonds is 5. The second kappa shape index (κ2) is 6.54. The normalized spacial score (nSPS) is 10.5. The number of nitrogens with one attached hydrogen (secondary N) is 1. The summed E-state index contributed by atoms with van der Waals surface area (Å²) in [6.45, 7) is 1.71. The molecule has 0 spiro atoms. The van der Waals surface area contributed by atoms with Crippen LogP contribution in [0.15, 0.2) is 60.7 Å². The van der Waals surface area contributed by atoms with Crippen molar-refractivity contribution < 1.29 is 14.7 Å². The second-order valence-corrected chi connectivity index (χ2v) is 5.62. The molecule has 4 heteroatoms. The molecule has 0 fully saturated rings. The number of carbonyl (C=O) groups excluding carboxylic acids is 1. The van der Waals surface area contributed by atoms with Crippen molar-refractivity contribution in [3.63, 3.8) is 0 Å². The number of Topliss-reactive ketones (excluding diaryl/α,β-unsaturated/α-hetero) is 1. The topological polar surface area (TPSA) is 70.2 Å². The number of hydrogen-bond acceptors (Lipinski definition) is 2. The van der Waals surface area contributed by atoms with Crippen LogP contribution in [0, 0.1) is 6.92 Å². The highest BCUT2D eigenvalue weighted by Crippen LogP contribution is 2.29. The number of aromatic nitrogens is 1. The van der Waals surface area contributed by atoms with E-state index in [0.29, 0.717) is 22.5 Å². The van der Waals surface area contributed by atoms with E-state index in [-0.39, 0.29) is 17.8 Å². The lowest BCUT2D eigenvalue weighted by Crippen LogP contribution is -2.08. The van der Waals surface area contributed by atoms with Gasteiger partial charge in [0.15, 0.2) is 5.78 Å². The molecular formula is C20H17NO3. The van der Waals surface area contributed by atoms with Crippen LogP contribution in [0.25, 0.3) is 11.3 Å². The molecule has 24 heavy (non-hydrogen) atoms. The summed E-state index contributed by atoms with van der Waals surface area (Å²) in [5.74, 6) is -1.13. The van der Waals surface area contributed by atoms with Crippen LogP contribution in [0.3, 0.4) is 0 Å². The maximum atomic E-state index is 12.6. The van der Waals surface area contributed by atoms with Gasteiger partial charge in [0.1, 0.15) is 0 Å². The monoisotopic (exact) mass is 319 g/mol. The lowest BCUT2D eigenvalue weighted by atomic mass is 9.96. The molecule has 0 atom stereocenters. The van der Waals surface area contributed by atoms with Gasteiger partial charge in [-0.3, -0.25) is 4.79 Å². The Morgan fingerprint density at radius 3 is 2.12 bits per heavy atom. The van der Waals surface area contributed by atoms with E-state index in [2.05, 4.69) is 4.98 Å². The summed E-state index contributed by atoms with van der Waals surface area (Å²) in [7, 11) is 0. The highest BCUT2D eigenvalue weighted by molar-refractivity contribution is 6.01. The van der Waals surface area contributed by atoms with Gasteiger partial charge < -0.3 is 10.1 Å². The SMILES string of the molecule is Cc1[nH]c(-c2ccccc2)c(CC(=O)c2ccccc2)c1C(=O)O. The van der Waals surface area contributed by atoms with Crippen LogP contribution in [0.4, 0.5) is 0 Å². The third kappa shape index (κ3) is 2.99. The fraction of sp³-hybridized carbons (Fsp3) is 0.100. The molecule has 0 bridgehead atoms. The van der Waals surface area contributed by atoms with Gasteiger partial charge in [0.25, 0.3) is 0 Å². The quantitative estimate of drug-likeness (QED) is 0.695. The maximum Gasteiger partial charge on any atom is 0.337 e. The number of carboxylic acids is 1. The Balaban J connectivity index is 2.08. The molecule has 0 saturated carbocycles. The number of aromatic amines is 1. The van der Waals surface area contributed by atoms with Crippen LogP contribution in [0.5, 0.6) is 0 Å². The smallest absolute Gasteiger partial charge is 0.337 e. The zero-order valence-electron chi connectivity index (χ0n) is 13.2. The van der Waals surface area contributed by atoms with Crippen molar-refractivity contribution in [2.24, 2.45) is 0 Å². The summed E-state index contributed by atoms with van der Waals surface area (Å²) < 4.78 is 0.